The SMILES string of the molecule is O=C(O)c1[nH]nc2c1CCc1sccc1-2. The number of nitrogens with zero attached hydrogens (tertiary/aromatic N) is 1. The number of thiophene rings is 1. The number of H-pyrrole nitrogens is 1. The van der Waals surface area contributed by atoms with Gasteiger partial charge in [-0.3, -0.25) is 5.10 Å². The number of nitrogens with one attached hydrogen (secondary N) is 1. The van der Waals surface area contributed by atoms with Crippen LogP contribution in [0.2, 0.25) is 0 Å². The molecule has 0 aromatic carbocycles. The van der Waals surface area contributed by atoms with Crippen LogP contribution in [0.15, 0.2) is 11.4 Å². The Bertz CT molecular complexity index is 541. The molecule has 76 valence electrons. The molecular weight excluding hydrogens is 212 g/mol. The van der Waals surface area contributed by atoms with E-state index in [-0.39, 0.29) is 5.69 Å². The second-order valence-corrected chi connectivity index (χ2v) is 4.49. The highest BCUT2D eigenvalue weighted by atomic mass is 32.1. The summed E-state index contributed by atoms with van der Waals surface area (Å²) in [6.45, 7) is 0. The maximum Gasteiger partial charge on any atom is 0.354 e. The van der Waals surface area contributed by atoms with E-state index < -0.39 is 5.97 Å². The van der Waals surface area contributed by atoms with Crippen LogP contribution < -0.4 is 0 Å². The van der Waals surface area contributed by atoms with Gasteiger partial charge in [0.15, 0.2) is 0 Å². The van der Waals surface area contributed by atoms with Crippen molar-refractivity contribution in [3.05, 3.63) is 27.6 Å². The monoisotopic (exact) mass is 220 g/mol. The lowest BCUT2D eigenvalue weighted by atomic mass is 9.95. The Hall–Kier alpha value is -1.62. The van der Waals surface area contributed by atoms with E-state index >= 15 is 0 Å². The molecule has 0 saturated carbocycles. The van der Waals surface area contributed by atoms with E-state index in [0.29, 0.717) is 0 Å². The van der Waals surface area contributed by atoms with Crippen LogP contribution in [0.25, 0.3) is 11.3 Å². The summed E-state index contributed by atoms with van der Waals surface area (Å²) >= 11 is 1.71. The van der Waals surface area contributed by atoms with E-state index in [2.05, 4.69) is 10.2 Å². The number of carboxylic acids is 1. The van der Waals surface area contributed by atoms with Crippen molar-refractivity contribution in [2.75, 3.05) is 0 Å². The number of carbonyl (C=O) groups is 1. The van der Waals surface area contributed by atoms with Crippen LogP contribution in [0.1, 0.15) is 20.9 Å². The van der Waals surface area contributed by atoms with E-state index in [4.69, 9.17) is 5.11 Å². The van der Waals surface area contributed by atoms with E-state index in [9.17, 15) is 4.79 Å². The van der Waals surface area contributed by atoms with Gasteiger partial charge in [0.05, 0.1) is 5.69 Å². The van der Waals surface area contributed by atoms with Crippen LogP contribution in [0.4, 0.5) is 0 Å². The molecule has 0 saturated heterocycles. The lowest BCUT2D eigenvalue weighted by Crippen LogP contribution is -2.05. The number of carboxylic acid groups (broad SMARTS) is 1. The van der Waals surface area contributed by atoms with Crippen LogP contribution in [-0.4, -0.2) is 21.3 Å². The molecule has 2 heterocycles. The van der Waals surface area contributed by atoms with Crippen LogP contribution in [0.3, 0.4) is 0 Å². The number of fused-ring (bicyclic) bond motifs is 3. The predicted molar refractivity (Wildman–Crippen MR) is 56.3 cm³/mol. The molecule has 2 N–H and O–H groups in total. The van der Waals surface area contributed by atoms with Gasteiger partial charge < -0.3 is 5.11 Å². The number of rotatable bonds is 1. The molecule has 3 rings (SSSR count). The summed E-state index contributed by atoms with van der Waals surface area (Å²) in [5.41, 5.74) is 2.98. The number of aromatic nitrogens is 2. The van der Waals surface area contributed by atoms with Crippen molar-refractivity contribution in [1.29, 1.82) is 0 Å². The van der Waals surface area contributed by atoms with Crippen molar-refractivity contribution in [2.24, 2.45) is 0 Å². The number of aromatic carboxylic acids is 1. The van der Waals surface area contributed by atoms with Crippen molar-refractivity contribution < 1.29 is 9.90 Å². The highest BCUT2D eigenvalue weighted by Crippen LogP contribution is 2.36. The molecule has 0 aliphatic heterocycles. The molecule has 5 heteroatoms. The van der Waals surface area contributed by atoms with Crippen LogP contribution in [0, 0.1) is 0 Å². The maximum absolute atomic E-state index is 10.9. The van der Waals surface area contributed by atoms with Gasteiger partial charge in [-0.2, -0.15) is 5.10 Å². The second kappa shape index (κ2) is 2.93. The van der Waals surface area contributed by atoms with Crippen molar-refractivity contribution in [3.8, 4) is 11.3 Å². The van der Waals surface area contributed by atoms with E-state index in [1.807, 2.05) is 11.4 Å². The molecule has 15 heavy (non-hydrogen) atoms. The number of aryl methyl sites for hydroxylation is 1. The van der Waals surface area contributed by atoms with Crippen molar-refractivity contribution in [2.45, 2.75) is 12.8 Å². The Balaban J connectivity index is 2.23. The fourth-order valence-electron chi connectivity index (χ4n) is 1.99. The smallest absolute Gasteiger partial charge is 0.354 e. The molecule has 0 amide bonds. The number of hydrogen-bond acceptors (Lipinski definition) is 3. The molecule has 2 aromatic heterocycles. The van der Waals surface area contributed by atoms with Crippen LogP contribution in [-0.2, 0) is 12.8 Å². The van der Waals surface area contributed by atoms with Gasteiger partial charge in [0.1, 0.15) is 5.69 Å². The number of aromatic amines is 1. The third kappa shape index (κ3) is 1.13. The summed E-state index contributed by atoms with van der Waals surface area (Å²) in [7, 11) is 0. The summed E-state index contributed by atoms with van der Waals surface area (Å²) in [5, 5.41) is 17.7. The van der Waals surface area contributed by atoms with Crippen molar-refractivity contribution >= 4 is 17.3 Å². The summed E-state index contributed by atoms with van der Waals surface area (Å²) in [6.07, 6.45) is 1.68. The molecule has 0 atom stereocenters. The average Bonchev–Trinajstić information content (AvgIpc) is 2.82. The van der Waals surface area contributed by atoms with Crippen LogP contribution >= 0.6 is 11.3 Å². The Morgan fingerprint density at radius 2 is 2.40 bits per heavy atom. The number of hydrogen-bond donors (Lipinski definition) is 2. The zero-order valence-electron chi connectivity index (χ0n) is 7.78. The lowest BCUT2D eigenvalue weighted by Gasteiger charge is -2.10. The van der Waals surface area contributed by atoms with Gasteiger partial charge >= 0.3 is 5.97 Å². The Morgan fingerprint density at radius 1 is 1.53 bits per heavy atom. The minimum atomic E-state index is -0.928. The minimum absolute atomic E-state index is 0.238. The summed E-state index contributed by atoms with van der Waals surface area (Å²) in [4.78, 5) is 12.2. The van der Waals surface area contributed by atoms with E-state index in [0.717, 1.165) is 29.7 Å². The molecule has 0 radical (unpaired) electrons. The summed E-state index contributed by atoms with van der Waals surface area (Å²) < 4.78 is 0. The average molecular weight is 220 g/mol. The van der Waals surface area contributed by atoms with Gasteiger partial charge in [0.25, 0.3) is 0 Å². The topological polar surface area (TPSA) is 66.0 Å². The summed E-state index contributed by atoms with van der Waals surface area (Å²) in [6, 6.07) is 2.00. The van der Waals surface area contributed by atoms with Gasteiger partial charge in [-0.15, -0.1) is 11.3 Å². The third-order valence-corrected chi connectivity index (χ3v) is 3.66. The van der Waals surface area contributed by atoms with Gasteiger partial charge in [-0.05, 0) is 24.3 Å². The Labute approximate surface area is 89.6 Å². The lowest BCUT2D eigenvalue weighted by molar-refractivity contribution is 0.0689. The minimum Gasteiger partial charge on any atom is -0.477 e. The zero-order chi connectivity index (χ0) is 10.4. The standard InChI is InChI=1S/C10H8N2O2S/c13-10(14)9-6-1-2-7-5(3-4-15-7)8(6)11-12-9/h3-4H,1-2H2,(H,11,12)(H,13,14). The van der Waals surface area contributed by atoms with Crippen molar-refractivity contribution in [3.63, 3.8) is 0 Å². The second-order valence-electron chi connectivity index (χ2n) is 3.49. The quantitative estimate of drug-likeness (QED) is 0.771. The van der Waals surface area contributed by atoms with Gasteiger partial charge in [0, 0.05) is 16.0 Å². The van der Waals surface area contributed by atoms with E-state index in [1.54, 1.807) is 11.3 Å². The Morgan fingerprint density at radius 3 is 3.20 bits per heavy atom. The normalized spacial score (nSPS) is 13.3. The fourth-order valence-corrected chi connectivity index (χ4v) is 2.87. The largest absolute Gasteiger partial charge is 0.477 e. The predicted octanol–water partition coefficient (Wildman–Crippen LogP) is 1.93. The molecule has 1 aliphatic carbocycles. The molecule has 0 unspecified atom stereocenters. The fraction of sp³-hybridized carbons (Fsp3) is 0.200. The first-order valence-electron chi connectivity index (χ1n) is 4.64. The van der Waals surface area contributed by atoms with Gasteiger partial charge in [-0.1, -0.05) is 0 Å². The highest BCUT2D eigenvalue weighted by Gasteiger charge is 2.25. The summed E-state index contributed by atoms with van der Waals surface area (Å²) in [5.74, 6) is -0.928. The van der Waals surface area contributed by atoms with E-state index in [1.165, 1.54) is 4.88 Å². The van der Waals surface area contributed by atoms with Crippen molar-refractivity contribution in [1.82, 2.24) is 10.2 Å². The molecule has 1 aliphatic rings. The Kier molecular flexibility index (Phi) is 1.70. The maximum atomic E-state index is 10.9. The molecule has 4 nitrogen and oxygen atoms in total. The molecular formula is C10H8N2O2S. The molecule has 0 bridgehead atoms. The zero-order valence-corrected chi connectivity index (χ0v) is 8.60. The van der Waals surface area contributed by atoms with Gasteiger partial charge in [0.2, 0.25) is 0 Å². The highest BCUT2D eigenvalue weighted by molar-refractivity contribution is 7.10. The van der Waals surface area contributed by atoms with Gasteiger partial charge in [-0.25, -0.2) is 4.79 Å². The molecule has 2 aromatic rings. The first kappa shape index (κ1) is 8.67. The van der Waals surface area contributed by atoms with Crippen LogP contribution in [0.5, 0.6) is 0 Å². The first-order chi connectivity index (χ1) is 7.27. The molecule has 0 fully saturated rings. The first-order valence-corrected chi connectivity index (χ1v) is 5.52. The molecule has 0 spiro atoms. The third-order valence-electron chi connectivity index (χ3n) is 2.68.